The van der Waals surface area contributed by atoms with Crippen molar-refractivity contribution in [2.75, 3.05) is 0 Å². The molecule has 0 aromatic carbocycles. The zero-order valence-electron chi connectivity index (χ0n) is 7.45. The predicted octanol–water partition coefficient (Wildman–Crippen LogP) is 0.888. The topological polar surface area (TPSA) is 48.0 Å². The molecule has 3 heteroatoms. The summed E-state index contributed by atoms with van der Waals surface area (Å²) in [5, 5.41) is 0. The van der Waals surface area contributed by atoms with Gasteiger partial charge in [0.05, 0.1) is 0 Å². The van der Waals surface area contributed by atoms with E-state index in [1.807, 2.05) is 19.9 Å². The van der Waals surface area contributed by atoms with E-state index in [4.69, 9.17) is 5.73 Å². The highest BCUT2D eigenvalue weighted by Crippen LogP contribution is 2.04. The van der Waals surface area contributed by atoms with Gasteiger partial charge in [0.1, 0.15) is 0 Å². The summed E-state index contributed by atoms with van der Waals surface area (Å²) in [7, 11) is 0. The van der Waals surface area contributed by atoms with E-state index in [1.54, 1.807) is 16.7 Å². The Hall–Kier alpha value is -1.09. The van der Waals surface area contributed by atoms with E-state index in [0.29, 0.717) is 6.54 Å². The van der Waals surface area contributed by atoms with Crippen LogP contribution in [0.2, 0.25) is 0 Å². The first-order chi connectivity index (χ1) is 5.66. The van der Waals surface area contributed by atoms with Crippen molar-refractivity contribution in [3.63, 3.8) is 0 Å². The van der Waals surface area contributed by atoms with Crippen molar-refractivity contribution >= 4 is 0 Å². The fraction of sp³-hybridized carbons (Fsp3) is 0.444. The molecule has 1 aromatic rings. The van der Waals surface area contributed by atoms with Crippen LogP contribution in [0.1, 0.15) is 25.6 Å². The van der Waals surface area contributed by atoms with Gasteiger partial charge >= 0.3 is 0 Å². The molecule has 0 spiro atoms. The van der Waals surface area contributed by atoms with Gasteiger partial charge < -0.3 is 10.3 Å². The Labute approximate surface area is 71.8 Å². The Balaban J connectivity index is 3.30. The highest BCUT2D eigenvalue weighted by atomic mass is 16.1. The molecule has 0 atom stereocenters. The van der Waals surface area contributed by atoms with E-state index in [9.17, 15) is 4.79 Å². The summed E-state index contributed by atoms with van der Waals surface area (Å²) in [6.07, 6.45) is 0. The molecular weight excluding hydrogens is 152 g/mol. The average Bonchev–Trinajstić information content (AvgIpc) is 2.03. The van der Waals surface area contributed by atoms with Crippen molar-refractivity contribution in [2.45, 2.75) is 26.4 Å². The Bertz CT molecular complexity index is 315. The first-order valence-electron chi connectivity index (χ1n) is 4.07. The molecule has 1 heterocycles. The molecule has 0 unspecified atom stereocenters. The van der Waals surface area contributed by atoms with E-state index < -0.39 is 0 Å². The largest absolute Gasteiger partial charge is 0.325 e. The molecule has 1 aromatic heterocycles. The van der Waals surface area contributed by atoms with Gasteiger partial charge in [0.25, 0.3) is 5.56 Å². The number of nitrogens with two attached hydrogens (primary N) is 1. The zero-order valence-corrected chi connectivity index (χ0v) is 7.45. The van der Waals surface area contributed by atoms with Gasteiger partial charge in [-0.1, -0.05) is 6.07 Å². The molecule has 0 amide bonds. The zero-order chi connectivity index (χ0) is 9.14. The van der Waals surface area contributed by atoms with Crippen LogP contribution < -0.4 is 11.3 Å². The van der Waals surface area contributed by atoms with Gasteiger partial charge in [0, 0.05) is 24.3 Å². The number of aromatic nitrogens is 1. The second kappa shape index (κ2) is 3.54. The maximum atomic E-state index is 11.3. The maximum absolute atomic E-state index is 11.3. The Morgan fingerprint density at radius 3 is 2.58 bits per heavy atom. The molecule has 12 heavy (non-hydrogen) atoms. The lowest BCUT2D eigenvalue weighted by molar-refractivity contribution is 0.551. The monoisotopic (exact) mass is 166 g/mol. The highest BCUT2D eigenvalue weighted by Gasteiger charge is 2.03. The third kappa shape index (κ3) is 1.56. The van der Waals surface area contributed by atoms with Crippen molar-refractivity contribution in [1.82, 2.24) is 4.57 Å². The molecule has 0 fully saturated rings. The molecule has 0 aliphatic rings. The number of hydrogen-bond donors (Lipinski definition) is 1. The maximum Gasteiger partial charge on any atom is 0.250 e. The summed E-state index contributed by atoms with van der Waals surface area (Å²) in [6, 6.07) is 5.35. The lowest BCUT2D eigenvalue weighted by Gasteiger charge is -2.14. The van der Waals surface area contributed by atoms with Crippen LogP contribution in [-0.2, 0) is 6.54 Å². The van der Waals surface area contributed by atoms with Crippen molar-refractivity contribution < 1.29 is 0 Å². The van der Waals surface area contributed by atoms with Gasteiger partial charge in [-0.15, -0.1) is 0 Å². The van der Waals surface area contributed by atoms with Crippen molar-refractivity contribution in [2.24, 2.45) is 5.73 Å². The van der Waals surface area contributed by atoms with E-state index in [1.165, 1.54) is 0 Å². The van der Waals surface area contributed by atoms with Gasteiger partial charge in [-0.25, -0.2) is 0 Å². The van der Waals surface area contributed by atoms with Crippen molar-refractivity contribution in [1.29, 1.82) is 0 Å². The molecule has 0 bridgehead atoms. The molecule has 3 nitrogen and oxygen atoms in total. The minimum Gasteiger partial charge on any atom is -0.325 e. The number of rotatable bonds is 2. The number of hydrogen-bond acceptors (Lipinski definition) is 2. The van der Waals surface area contributed by atoms with E-state index in [2.05, 4.69) is 0 Å². The van der Waals surface area contributed by atoms with Crippen molar-refractivity contribution in [3.8, 4) is 0 Å². The standard InChI is InChI=1S/C9H14N2O/c1-7(2)11-8(6-10)4-3-5-9(11)12/h3-5,7H,6,10H2,1-2H3. The SMILES string of the molecule is CC(C)n1c(CN)cccc1=O. The molecule has 0 aliphatic heterocycles. The van der Waals surface area contributed by atoms with Crippen LogP contribution in [0.5, 0.6) is 0 Å². The smallest absolute Gasteiger partial charge is 0.250 e. The molecule has 0 saturated carbocycles. The molecule has 0 radical (unpaired) electrons. The Kier molecular flexibility index (Phi) is 2.65. The Morgan fingerprint density at radius 1 is 1.50 bits per heavy atom. The third-order valence-electron chi connectivity index (χ3n) is 1.80. The Morgan fingerprint density at radius 2 is 2.17 bits per heavy atom. The molecule has 1 rings (SSSR count). The fourth-order valence-electron chi connectivity index (χ4n) is 1.30. The molecule has 2 N–H and O–H groups in total. The second-order valence-corrected chi connectivity index (χ2v) is 3.02. The van der Waals surface area contributed by atoms with Crippen LogP contribution >= 0.6 is 0 Å². The first-order valence-corrected chi connectivity index (χ1v) is 4.07. The van der Waals surface area contributed by atoms with Crippen LogP contribution in [0.15, 0.2) is 23.0 Å². The lowest BCUT2D eigenvalue weighted by Crippen LogP contribution is -2.25. The lowest BCUT2D eigenvalue weighted by atomic mass is 10.3. The van der Waals surface area contributed by atoms with Crippen LogP contribution in [0.4, 0.5) is 0 Å². The van der Waals surface area contributed by atoms with Gasteiger partial charge in [0.2, 0.25) is 0 Å². The molecular formula is C9H14N2O. The fourth-order valence-corrected chi connectivity index (χ4v) is 1.30. The van der Waals surface area contributed by atoms with Crippen LogP contribution in [0.25, 0.3) is 0 Å². The summed E-state index contributed by atoms with van der Waals surface area (Å²) >= 11 is 0. The summed E-state index contributed by atoms with van der Waals surface area (Å²) in [4.78, 5) is 11.3. The average molecular weight is 166 g/mol. The molecule has 0 aliphatic carbocycles. The second-order valence-electron chi connectivity index (χ2n) is 3.02. The summed E-state index contributed by atoms with van der Waals surface area (Å²) in [6.45, 7) is 4.36. The molecule has 66 valence electrons. The summed E-state index contributed by atoms with van der Waals surface area (Å²) < 4.78 is 1.71. The van der Waals surface area contributed by atoms with E-state index in [-0.39, 0.29) is 11.6 Å². The van der Waals surface area contributed by atoms with Crippen LogP contribution in [0, 0.1) is 0 Å². The summed E-state index contributed by atoms with van der Waals surface area (Å²) in [5.41, 5.74) is 6.41. The van der Waals surface area contributed by atoms with Gasteiger partial charge in [-0.2, -0.15) is 0 Å². The van der Waals surface area contributed by atoms with Gasteiger partial charge in [-0.05, 0) is 19.9 Å². The van der Waals surface area contributed by atoms with Gasteiger partial charge in [-0.3, -0.25) is 4.79 Å². The number of pyridine rings is 1. The first kappa shape index (κ1) is 9.00. The third-order valence-corrected chi connectivity index (χ3v) is 1.80. The summed E-state index contributed by atoms with van der Waals surface area (Å²) in [5.74, 6) is 0. The quantitative estimate of drug-likeness (QED) is 0.709. The minimum atomic E-state index is 0.0213. The van der Waals surface area contributed by atoms with E-state index >= 15 is 0 Å². The van der Waals surface area contributed by atoms with Gasteiger partial charge in [0.15, 0.2) is 0 Å². The molecule has 0 saturated heterocycles. The van der Waals surface area contributed by atoms with Crippen molar-refractivity contribution in [3.05, 3.63) is 34.2 Å². The highest BCUT2D eigenvalue weighted by molar-refractivity contribution is 5.07. The number of nitrogens with zero attached hydrogens (tertiary/aromatic N) is 1. The van der Waals surface area contributed by atoms with Crippen LogP contribution in [-0.4, -0.2) is 4.57 Å². The van der Waals surface area contributed by atoms with E-state index in [0.717, 1.165) is 5.69 Å². The minimum absolute atomic E-state index is 0.0213. The predicted molar refractivity (Wildman–Crippen MR) is 49.0 cm³/mol. The normalized spacial score (nSPS) is 10.7. The van der Waals surface area contributed by atoms with Crippen LogP contribution in [0.3, 0.4) is 0 Å².